The average Bonchev–Trinajstić information content (AvgIpc) is 3.23. The Bertz CT molecular complexity index is 1650. The van der Waals surface area contributed by atoms with Crippen LogP contribution in [-0.4, -0.2) is 24.7 Å². The van der Waals surface area contributed by atoms with Gasteiger partial charge in [0.1, 0.15) is 11.5 Å². The normalized spacial score (nSPS) is 15.1. The Hall–Kier alpha value is -4.43. The molecule has 0 radical (unpaired) electrons. The number of thiazole rings is 1. The highest BCUT2D eigenvalue weighted by Crippen LogP contribution is 2.31. The first kappa shape index (κ1) is 24.3. The van der Waals surface area contributed by atoms with Gasteiger partial charge in [0.2, 0.25) is 0 Å². The molecule has 0 unspecified atom stereocenters. The van der Waals surface area contributed by atoms with E-state index in [-0.39, 0.29) is 11.5 Å². The molecular weight excluding hydrogens is 486 g/mol. The number of anilines is 1. The third-order valence-electron chi connectivity index (χ3n) is 6.14. The fourth-order valence-electron chi connectivity index (χ4n) is 4.28. The number of methoxy groups -OCH3 is 2. The zero-order valence-corrected chi connectivity index (χ0v) is 21.4. The fourth-order valence-corrected chi connectivity index (χ4v) is 5.33. The van der Waals surface area contributed by atoms with Crippen LogP contribution in [0.1, 0.15) is 24.1 Å². The number of hydrogen-bond donors (Lipinski definition) is 1. The summed E-state index contributed by atoms with van der Waals surface area (Å²) in [7, 11) is 3.21. The maximum atomic E-state index is 13.8. The van der Waals surface area contributed by atoms with Crippen LogP contribution in [0.3, 0.4) is 0 Å². The number of carbonyl (C=O) groups is 1. The molecule has 5 rings (SSSR count). The Morgan fingerprint density at radius 1 is 0.946 bits per heavy atom. The molecule has 7 nitrogen and oxygen atoms in total. The van der Waals surface area contributed by atoms with Crippen LogP contribution >= 0.6 is 11.3 Å². The van der Waals surface area contributed by atoms with Gasteiger partial charge in [-0.05, 0) is 60.5 Å². The van der Waals surface area contributed by atoms with Crippen LogP contribution in [0.2, 0.25) is 0 Å². The van der Waals surface area contributed by atoms with Crippen molar-refractivity contribution in [3.05, 3.63) is 121 Å². The minimum atomic E-state index is -0.649. The molecule has 3 aromatic carbocycles. The lowest BCUT2D eigenvalue weighted by atomic mass is 9.95. The number of nitrogens with one attached hydrogen (secondary N) is 1. The topological polar surface area (TPSA) is 81.9 Å². The summed E-state index contributed by atoms with van der Waals surface area (Å²) in [5, 5.41) is 2.96. The van der Waals surface area contributed by atoms with Crippen LogP contribution in [0.25, 0.3) is 6.08 Å². The SMILES string of the molecule is COc1ccc(/C=c2\sc3n(c2=O)[C@H](c2ccc(OC)cc2)C(C(=O)Nc2ccccc2)=C(C)N=3)cc1. The first-order valence-corrected chi connectivity index (χ1v) is 12.5. The maximum Gasteiger partial charge on any atom is 0.271 e. The van der Waals surface area contributed by atoms with Gasteiger partial charge in [-0.3, -0.25) is 14.2 Å². The number of aromatic nitrogens is 1. The molecule has 0 saturated heterocycles. The van der Waals surface area contributed by atoms with Crippen LogP contribution in [0.15, 0.2) is 99.9 Å². The predicted molar refractivity (Wildman–Crippen MR) is 145 cm³/mol. The van der Waals surface area contributed by atoms with Crippen LogP contribution in [0.4, 0.5) is 5.69 Å². The molecule has 1 N–H and O–H groups in total. The zero-order chi connectivity index (χ0) is 25.9. The summed E-state index contributed by atoms with van der Waals surface area (Å²) >= 11 is 1.30. The first-order valence-electron chi connectivity index (χ1n) is 11.7. The summed E-state index contributed by atoms with van der Waals surface area (Å²) in [6.07, 6.45) is 1.83. The fraction of sp³-hybridized carbons (Fsp3) is 0.138. The lowest BCUT2D eigenvalue weighted by Crippen LogP contribution is -2.40. The summed E-state index contributed by atoms with van der Waals surface area (Å²) in [6, 6.07) is 23.4. The van der Waals surface area contributed by atoms with Gasteiger partial charge in [0.05, 0.1) is 36.1 Å². The van der Waals surface area contributed by atoms with E-state index in [0.717, 1.165) is 16.9 Å². The summed E-state index contributed by atoms with van der Waals surface area (Å²) in [5.41, 5.74) is 3.08. The molecule has 1 aliphatic heterocycles. The molecule has 4 aromatic rings. The number of para-hydroxylation sites is 1. The van der Waals surface area contributed by atoms with Crippen molar-refractivity contribution < 1.29 is 14.3 Å². The minimum absolute atomic E-state index is 0.210. The van der Waals surface area contributed by atoms with E-state index in [0.29, 0.717) is 32.0 Å². The third kappa shape index (κ3) is 4.83. The van der Waals surface area contributed by atoms with Gasteiger partial charge in [0.25, 0.3) is 11.5 Å². The van der Waals surface area contributed by atoms with E-state index in [4.69, 9.17) is 9.47 Å². The van der Waals surface area contributed by atoms with Crippen LogP contribution in [0.5, 0.6) is 11.5 Å². The van der Waals surface area contributed by atoms with Gasteiger partial charge in [-0.25, -0.2) is 4.99 Å². The summed E-state index contributed by atoms with van der Waals surface area (Å²) in [5.74, 6) is 1.12. The summed E-state index contributed by atoms with van der Waals surface area (Å²) in [6.45, 7) is 1.80. The first-order chi connectivity index (χ1) is 18.0. The van der Waals surface area contributed by atoms with Gasteiger partial charge in [-0.15, -0.1) is 0 Å². The van der Waals surface area contributed by atoms with Crippen molar-refractivity contribution in [1.29, 1.82) is 0 Å². The van der Waals surface area contributed by atoms with E-state index in [1.54, 1.807) is 25.7 Å². The van der Waals surface area contributed by atoms with Gasteiger partial charge in [0, 0.05) is 5.69 Å². The Morgan fingerprint density at radius 2 is 1.57 bits per heavy atom. The second-order valence-electron chi connectivity index (χ2n) is 8.45. The number of benzene rings is 3. The van der Waals surface area contributed by atoms with Crippen molar-refractivity contribution in [1.82, 2.24) is 4.57 Å². The van der Waals surface area contributed by atoms with Gasteiger partial charge >= 0.3 is 0 Å². The number of hydrogen-bond acceptors (Lipinski definition) is 6. The van der Waals surface area contributed by atoms with Gasteiger partial charge in [0.15, 0.2) is 4.80 Å². The molecule has 0 spiro atoms. The Morgan fingerprint density at radius 3 is 2.19 bits per heavy atom. The molecule has 37 heavy (non-hydrogen) atoms. The standard InChI is InChI=1S/C29H25N3O4S/c1-18-25(27(33)31-21-7-5-4-6-8-21)26(20-11-15-23(36-3)16-12-20)32-28(34)24(37-29(32)30-18)17-19-9-13-22(35-2)14-10-19/h4-17,26H,1-3H3,(H,31,33)/b24-17-/t26-/m1/s1. The van der Waals surface area contributed by atoms with Crippen molar-refractivity contribution >= 4 is 29.0 Å². The number of amides is 1. The molecule has 186 valence electrons. The molecule has 0 bridgehead atoms. The Balaban J connectivity index is 1.65. The summed E-state index contributed by atoms with van der Waals surface area (Å²) in [4.78, 5) is 32.6. The molecule has 0 saturated carbocycles. The molecule has 8 heteroatoms. The van der Waals surface area contributed by atoms with E-state index in [1.165, 1.54) is 11.3 Å². The van der Waals surface area contributed by atoms with Gasteiger partial charge in [-0.2, -0.15) is 0 Å². The second kappa shape index (κ2) is 10.3. The van der Waals surface area contributed by atoms with Crippen LogP contribution in [0, 0.1) is 0 Å². The highest BCUT2D eigenvalue weighted by Gasteiger charge is 2.32. The van der Waals surface area contributed by atoms with Crippen molar-refractivity contribution in [2.24, 2.45) is 4.99 Å². The van der Waals surface area contributed by atoms with Crippen LogP contribution < -0.4 is 29.7 Å². The molecule has 0 fully saturated rings. The molecule has 0 aliphatic carbocycles. The monoisotopic (exact) mass is 511 g/mol. The molecule has 1 aromatic heterocycles. The Labute approximate surface area is 217 Å². The highest BCUT2D eigenvalue weighted by molar-refractivity contribution is 7.07. The molecule has 2 heterocycles. The number of nitrogens with zero attached hydrogens (tertiary/aromatic N) is 2. The molecule has 1 atom stereocenters. The van der Waals surface area contributed by atoms with E-state index in [1.807, 2.05) is 84.9 Å². The third-order valence-corrected chi connectivity index (χ3v) is 7.13. The average molecular weight is 512 g/mol. The quantitative estimate of drug-likeness (QED) is 0.426. The predicted octanol–water partition coefficient (Wildman–Crippen LogP) is 3.89. The Kier molecular flexibility index (Phi) is 6.74. The van der Waals surface area contributed by atoms with E-state index in [9.17, 15) is 9.59 Å². The molecule has 1 aliphatic rings. The van der Waals surface area contributed by atoms with E-state index >= 15 is 0 Å². The van der Waals surface area contributed by atoms with E-state index < -0.39 is 6.04 Å². The lowest BCUT2D eigenvalue weighted by molar-refractivity contribution is -0.113. The number of fused-ring (bicyclic) bond motifs is 1. The maximum absolute atomic E-state index is 13.8. The highest BCUT2D eigenvalue weighted by atomic mass is 32.1. The van der Waals surface area contributed by atoms with Gasteiger partial charge < -0.3 is 14.8 Å². The van der Waals surface area contributed by atoms with E-state index in [2.05, 4.69) is 10.3 Å². The smallest absolute Gasteiger partial charge is 0.271 e. The lowest BCUT2D eigenvalue weighted by Gasteiger charge is -2.25. The zero-order valence-electron chi connectivity index (χ0n) is 20.6. The van der Waals surface area contributed by atoms with Crippen LogP contribution in [-0.2, 0) is 4.79 Å². The second-order valence-corrected chi connectivity index (χ2v) is 9.46. The largest absolute Gasteiger partial charge is 0.497 e. The summed E-state index contributed by atoms with van der Waals surface area (Å²) < 4.78 is 12.7. The van der Waals surface area contributed by atoms with Gasteiger partial charge in [-0.1, -0.05) is 53.8 Å². The number of carbonyl (C=O) groups excluding carboxylic acids is 1. The minimum Gasteiger partial charge on any atom is -0.497 e. The number of ether oxygens (including phenoxy) is 2. The number of allylic oxidation sites excluding steroid dienone is 1. The molecular formula is C29H25N3O4S. The molecule has 1 amide bonds. The number of rotatable bonds is 6. The van der Waals surface area contributed by atoms with Crippen molar-refractivity contribution in [2.75, 3.05) is 19.5 Å². The van der Waals surface area contributed by atoms with Crippen molar-refractivity contribution in [3.8, 4) is 11.5 Å². The van der Waals surface area contributed by atoms with Crippen molar-refractivity contribution in [3.63, 3.8) is 0 Å². The van der Waals surface area contributed by atoms with Crippen molar-refractivity contribution in [2.45, 2.75) is 13.0 Å².